The maximum Gasteiger partial charge on any atom is 0.251 e. The van der Waals surface area contributed by atoms with E-state index in [1.807, 2.05) is 18.2 Å². The molecule has 0 aliphatic carbocycles. The van der Waals surface area contributed by atoms with Crippen molar-refractivity contribution in [2.75, 3.05) is 18.0 Å². The number of amides is 1. The summed E-state index contributed by atoms with van der Waals surface area (Å²) in [6, 6.07) is 5.98. The summed E-state index contributed by atoms with van der Waals surface area (Å²) in [6.45, 7) is 1.53. The molecule has 1 unspecified atom stereocenters. The van der Waals surface area contributed by atoms with E-state index in [-0.39, 0.29) is 0 Å². The molecule has 1 aromatic rings. The molecule has 2 rings (SSSR count). The van der Waals surface area contributed by atoms with Gasteiger partial charge in [-0.15, -0.1) is 0 Å². The van der Waals surface area contributed by atoms with Crippen molar-refractivity contribution in [3.8, 4) is 0 Å². The molecule has 0 bridgehead atoms. The second-order valence-electron chi connectivity index (χ2n) is 4.22. The van der Waals surface area contributed by atoms with Gasteiger partial charge in [0.1, 0.15) is 0 Å². The standard InChI is InChI=1S/C12H16BrN3O/c13-9-4-1-5-10(11(9)12(15)17)16-6-2-3-8(16)7-14/h1,4-5,8H,2-3,6-7,14H2,(H2,15,17). The number of hydrogen-bond acceptors (Lipinski definition) is 3. The third-order valence-corrected chi connectivity index (χ3v) is 3.86. The lowest BCUT2D eigenvalue weighted by atomic mass is 10.1. The Morgan fingerprint density at radius 3 is 2.94 bits per heavy atom. The van der Waals surface area contributed by atoms with Gasteiger partial charge in [-0.1, -0.05) is 6.07 Å². The smallest absolute Gasteiger partial charge is 0.251 e. The maximum absolute atomic E-state index is 11.5. The number of nitrogens with two attached hydrogens (primary N) is 2. The minimum absolute atomic E-state index is 0.308. The zero-order valence-electron chi connectivity index (χ0n) is 9.53. The molecule has 4 N–H and O–H groups in total. The molecule has 0 radical (unpaired) electrons. The van der Waals surface area contributed by atoms with Gasteiger partial charge in [-0.05, 0) is 40.9 Å². The fraction of sp³-hybridized carbons (Fsp3) is 0.417. The van der Waals surface area contributed by atoms with Gasteiger partial charge in [0.2, 0.25) is 0 Å². The average Bonchev–Trinajstić information content (AvgIpc) is 2.75. The first kappa shape index (κ1) is 12.4. The van der Waals surface area contributed by atoms with Crippen LogP contribution in [0.2, 0.25) is 0 Å². The van der Waals surface area contributed by atoms with E-state index < -0.39 is 5.91 Å². The molecule has 0 aromatic heterocycles. The lowest BCUT2D eigenvalue weighted by Gasteiger charge is -2.27. The predicted octanol–water partition coefficient (Wildman–Crippen LogP) is 1.48. The Balaban J connectivity index is 2.44. The summed E-state index contributed by atoms with van der Waals surface area (Å²) in [5.74, 6) is -0.407. The molecule has 1 atom stereocenters. The van der Waals surface area contributed by atoms with Crippen molar-refractivity contribution < 1.29 is 4.79 Å². The normalized spacial score (nSPS) is 19.6. The molecule has 1 aromatic carbocycles. The van der Waals surface area contributed by atoms with E-state index in [1.165, 1.54) is 0 Å². The third-order valence-electron chi connectivity index (χ3n) is 3.20. The Bertz CT molecular complexity index is 436. The van der Waals surface area contributed by atoms with Crippen LogP contribution < -0.4 is 16.4 Å². The SMILES string of the molecule is NCC1CCCN1c1cccc(Br)c1C(N)=O. The predicted molar refractivity (Wildman–Crippen MR) is 72.1 cm³/mol. The molecule has 0 spiro atoms. The van der Waals surface area contributed by atoms with Gasteiger partial charge in [-0.3, -0.25) is 4.79 Å². The van der Waals surface area contributed by atoms with Crippen LogP contribution >= 0.6 is 15.9 Å². The first-order chi connectivity index (χ1) is 8.15. The molecular formula is C12H16BrN3O. The molecule has 17 heavy (non-hydrogen) atoms. The molecule has 1 aliphatic rings. The van der Waals surface area contributed by atoms with Gasteiger partial charge in [0.05, 0.1) is 11.3 Å². The van der Waals surface area contributed by atoms with Crippen molar-refractivity contribution in [3.05, 3.63) is 28.2 Å². The van der Waals surface area contributed by atoms with Crippen LogP contribution in [0.3, 0.4) is 0 Å². The summed E-state index contributed by atoms with van der Waals surface area (Å²) < 4.78 is 0.741. The summed E-state index contributed by atoms with van der Waals surface area (Å²) in [5.41, 5.74) is 12.6. The topological polar surface area (TPSA) is 72.3 Å². The Labute approximate surface area is 109 Å². The molecule has 92 valence electrons. The summed E-state index contributed by atoms with van der Waals surface area (Å²) in [4.78, 5) is 13.7. The van der Waals surface area contributed by atoms with Crippen LogP contribution in [0.1, 0.15) is 23.2 Å². The van der Waals surface area contributed by atoms with Crippen LogP contribution in [0.25, 0.3) is 0 Å². The van der Waals surface area contributed by atoms with Crippen LogP contribution in [-0.4, -0.2) is 25.0 Å². The summed E-state index contributed by atoms with van der Waals surface area (Å²) in [7, 11) is 0. The number of carbonyl (C=O) groups is 1. The summed E-state index contributed by atoms with van der Waals surface area (Å²) in [5, 5.41) is 0. The van der Waals surface area contributed by atoms with Crippen molar-refractivity contribution in [1.29, 1.82) is 0 Å². The molecular weight excluding hydrogens is 282 g/mol. The van der Waals surface area contributed by atoms with Crippen molar-refractivity contribution in [2.24, 2.45) is 11.5 Å². The van der Waals surface area contributed by atoms with E-state index in [0.717, 1.165) is 29.5 Å². The average molecular weight is 298 g/mol. The van der Waals surface area contributed by atoms with Crippen molar-refractivity contribution in [3.63, 3.8) is 0 Å². The van der Waals surface area contributed by atoms with E-state index in [2.05, 4.69) is 20.8 Å². The molecule has 1 fully saturated rings. The molecule has 4 nitrogen and oxygen atoms in total. The fourth-order valence-corrected chi connectivity index (χ4v) is 2.95. The highest BCUT2D eigenvalue weighted by Gasteiger charge is 2.27. The molecule has 5 heteroatoms. The quantitative estimate of drug-likeness (QED) is 0.887. The number of benzene rings is 1. The number of carbonyl (C=O) groups excluding carboxylic acids is 1. The van der Waals surface area contributed by atoms with Gasteiger partial charge in [0, 0.05) is 23.6 Å². The summed E-state index contributed by atoms with van der Waals surface area (Å²) >= 11 is 3.38. The molecule has 1 saturated heterocycles. The monoisotopic (exact) mass is 297 g/mol. The van der Waals surface area contributed by atoms with Crippen molar-refractivity contribution >= 4 is 27.5 Å². The maximum atomic E-state index is 11.5. The van der Waals surface area contributed by atoms with Crippen molar-refractivity contribution in [2.45, 2.75) is 18.9 Å². The molecule has 0 saturated carbocycles. The highest BCUT2D eigenvalue weighted by atomic mass is 79.9. The number of primary amides is 1. The number of nitrogens with zero attached hydrogens (tertiary/aromatic N) is 1. The van der Waals surface area contributed by atoms with Gasteiger partial charge < -0.3 is 16.4 Å². The van der Waals surface area contributed by atoms with Crippen LogP contribution in [0.5, 0.6) is 0 Å². The van der Waals surface area contributed by atoms with Crippen LogP contribution in [-0.2, 0) is 0 Å². The zero-order chi connectivity index (χ0) is 12.4. The van der Waals surface area contributed by atoms with Gasteiger partial charge in [-0.2, -0.15) is 0 Å². The van der Waals surface area contributed by atoms with Gasteiger partial charge in [-0.25, -0.2) is 0 Å². The second-order valence-corrected chi connectivity index (χ2v) is 5.08. The Morgan fingerprint density at radius 1 is 1.53 bits per heavy atom. The van der Waals surface area contributed by atoms with E-state index in [9.17, 15) is 4.79 Å². The van der Waals surface area contributed by atoms with Gasteiger partial charge in [0.15, 0.2) is 0 Å². The zero-order valence-corrected chi connectivity index (χ0v) is 11.1. The molecule has 1 aliphatic heterocycles. The Hall–Kier alpha value is -1.07. The number of halogens is 1. The number of anilines is 1. The molecule has 1 amide bonds. The van der Waals surface area contributed by atoms with E-state index in [4.69, 9.17) is 11.5 Å². The second kappa shape index (κ2) is 5.06. The number of rotatable bonds is 3. The van der Waals surface area contributed by atoms with E-state index in [1.54, 1.807) is 0 Å². The molecule has 1 heterocycles. The van der Waals surface area contributed by atoms with E-state index in [0.29, 0.717) is 18.2 Å². The first-order valence-electron chi connectivity index (χ1n) is 5.70. The van der Waals surface area contributed by atoms with E-state index >= 15 is 0 Å². The highest BCUT2D eigenvalue weighted by molar-refractivity contribution is 9.10. The lowest BCUT2D eigenvalue weighted by Crippen LogP contribution is -2.36. The van der Waals surface area contributed by atoms with Crippen LogP contribution in [0, 0.1) is 0 Å². The first-order valence-corrected chi connectivity index (χ1v) is 6.49. The third kappa shape index (κ3) is 2.30. The van der Waals surface area contributed by atoms with Gasteiger partial charge >= 0.3 is 0 Å². The van der Waals surface area contributed by atoms with Crippen molar-refractivity contribution in [1.82, 2.24) is 0 Å². The highest BCUT2D eigenvalue weighted by Crippen LogP contribution is 2.32. The van der Waals surface area contributed by atoms with Crippen LogP contribution in [0.15, 0.2) is 22.7 Å². The lowest BCUT2D eigenvalue weighted by molar-refractivity contribution is 0.1000. The Kier molecular flexibility index (Phi) is 3.69. The summed E-state index contributed by atoms with van der Waals surface area (Å²) in [6.07, 6.45) is 2.17. The number of hydrogen-bond donors (Lipinski definition) is 2. The van der Waals surface area contributed by atoms with Gasteiger partial charge in [0.25, 0.3) is 5.91 Å². The van der Waals surface area contributed by atoms with Crippen LogP contribution in [0.4, 0.5) is 5.69 Å². The minimum Gasteiger partial charge on any atom is -0.367 e. The Morgan fingerprint density at radius 2 is 2.29 bits per heavy atom. The fourth-order valence-electron chi connectivity index (χ4n) is 2.39. The minimum atomic E-state index is -0.407. The largest absolute Gasteiger partial charge is 0.367 e.